The van der Waals surface area contributed by atoms with Gasteiger partial charge in [0.15, 0.2) is 0 Å². The van der Waals surface area contributed by atoms with E-state index in [1.54, 1.807) is 0 Å². The van der Waals surface area contributed by atoms with Crippen molar-refractivity contribution in [2.24, 2.45) is 5.92 Å². The lowest BCUT2D eigenvalue weighted by Crippen LogP contribution is -2.09. The van der Waals surface area contributed by atoms with Crippen LogP contribution in [0.25, 0.3) is 0 Å². The summed E-state index contributed by atoms with van der Waals surface area (Å²) in [7, 11) is 0. The van der Waals surface area contributed by atoms with Gasteiger partial charge in [-0.1, -0.05) is 23.7 Å². The third kappa shape index (κ3) is 2.99. The van der Waals surface area contributed by atoms with Crippen LogP contribution in [-0.4, -0.2) is 24.3 Å². The molecule has 2 aliphatic rings. The Morgan fingerprint density at radius 3 is 2.75 bits per heavy atom. The zero-order valence-electron chi connectivity index (χ0n) is 11.3. The van der Waals surface area contributed by atoms with Gasteiger partial charge < -0.3 is 9.84 Å². The molecule has 2 atom stereocenters. The molecule has 1 aliphatic carbocycles. The van der Waals surface area contributed by atoms with Gasteiger partial charge in [0.1, 0.15) is 0 Å². The largest absolute Gasteiger partial charge is 0.481 e. The molecule has 1 saturated carbocycles. The summed E-state index contributed by atoms with van der Waals surface area (Å²) in [6.07, 6.45) is 3.48. The SMILES string of the molecule is O=C(O)CC(c1ccc(C2CCOC2)c(Cl)c1)C1CC1. The van der Waals surface area contributed by atoms with Gasteiger partial charge in [0.05, 0.1) is 13.0 Å². The minimum absolute atomic E-state index is 0.110. The Labute approximate surface area is 123 Å². The Morgan fingerprint density at radius 2 is 2.20 bits per heavy atom. The Bertz CT molecular complexity index is 504. The molecular formula is C16H19ClO3. The van der Waals surface area contributed by atoms with Crippen molar-refractivity contribution in [1.82, 2.24) is 0 Å². The summed E-state index contributed by atoms with van der Waals surface area (Å²) in [5.74, 6) is 0.281. The van der Waals surface area contributed by atoms with Gasteiger partial charge >= 0.3 is 5.97 Å². The van der Waals surface area contributed by atoms with Gasteiger partial charge in [-0.15, -0.1) is 0 Å². The number of rotatable bonds is 5. The van der Waals surface area contributed by atoms with Gasteiger partial charge in [-0.2, -0.15) is 0 Å². The van der Waals surface area contributed by atoms with E-state index in [9.17, 15) is 4.79 Å². The van der Waals surface area contributed by atoms with Crippen LogP contribution in [0.1, 0.15) is 48.6 Å². The number of carboxylic acid groups (broad SMARTS) is 1. The number of hydrogen-bond acceptors (Lipinski definition) is 2. The van der Waals surface area contributed by atoms with Gasteiger partial charge in [0, 0.05) is 17.5 Å². The van der Waals surface area contributed by atoms with Crippen LogP contribution in [0.5, 0.6) is 0 Å². The number of carboxylic acids is 1. The van der Waals surface area contributed by atoms with E-state index in [-0.39, 0.29) is 12.3 Å². The maximum Gasteiger partial charge on any atom is 0.303 e. The Hall–Kier alpha value is -1.06. The third-order valence-corrected chi connectivity index (χ3v) is 4.74. The molecule has 4 heteroatoms. The molecule has 1 N–H and O–H groups in total. The van der Waals surface area contributed by atoms with Crippen LogP contribution in [-0.2, 0) is 9.53 Å². The van der Waals surface area contributed by atoms with E-state index >= 15 is 0 Å². The summed E-state index contributed by atoms with van der Waals surface area (Å²) in [4.78, 5) is 11.0. The second-order valence-electron chi connectivity index (χ2n) is 5.88. The minimum Gasteiger partial charge on any atom is -0.481 e. The summed E-state index contributed by atoms with van der Waals surface area (Å²) in [5.41, 5.74) is 2.21. The molecule has 20 heavy (non-hydrogen) atoms. The van der Waals surface area contributed by atoms with Gasteiger partial charge in [0.2, 0.25) is 0 Å². The second-order valence-corrected chi connectivity index (χ2v) is 6.29. The van der Waals surface area contributed by atoms with E-state index < -0.39 is 5.97 Å². The topological polar surface area (TPSA) is 46.5 Å². The fraction of sp³-hybridized carbons (Fsp3) is 0.562. The molecule has 3 nitrogen and oxygen atoms in total. The van der Waals surface area contributed by atoms with Crippen LogP contribution in [0, 0.1) is 5.92 Å². The number of benzene rings is 1. The lowest BCUT2D eigenvalue weighted by atomic mass is 9.88. The molecule has 3 rings (SSSR count). The first kappa shape index (κ1) is 13.9. The monoisotopic (exact) mass is 294 g/mol. The van der Waals surface area contributed by atoms with Gasteiger partial charge in [0.25, 0.3) is 0 Å². The number of ether oxygens (including phenoxy) is 1. The molecule has 0 aromatic heterocycles. The van der Waals surface area contributed by atoms with Crippen molar-refractivity contribution in [3.05, 3.63) is 34.3 Å². The highest BCUT2D eigenvalue weighted by molar-refractivity contribution is 6.31. The first-order valence-corrected chi connectivity index (χ1v) is 7.62. The maximum atomic E-state index is 11.0. The number of carbonyl (C=O) groups is 1. The zero-order valence-corrected chi connectivity index (χ0v) is 12.1. The van der Waals surface area contributed by atoms with Gasteiger partial charge in [-0.25, -0.2) is 0 Å². The first-order valence-electron chi connectivity index (χ1n) is 7.24. The first-order chi connectivity index (χ1) is 9.65. The lowest BCUT2D eigenvalue weighted by molar-refractivity contribution is -0.137. The quantitative estimate of drug-likeness (QED) is 0.898. The average Bonchev–Trinajstić information content (AvgIpc) is 3.11. The maximum absolute atomic E-state index is 11.0. The highest BCUT2D eigenvalue weighted by atomic mass is 35.5. The molecule has 1 aliphatic heterocycles. The molecule has 2 fully saturated rings. The van der Waals surface area contributed by atoms with E-state index in [0.29, 0.717) is 11.8 Å². The fourth-order valence-corrected chi connectivity index (χ4v) is 3.47. The molecule has 0 spiro atoms. The van der Waals surface area contributed by atoms with Crippen molar-refractivity contribution < 1.29 is 14.6 Å². The Kier molecular flexibility index (Phi) is 3.99. The zero-order chi connectivity index (χ0) is 14.1. The standard InChI is InChI=1S/C16H19ClO3/c17-15-7-11(14(8-16(18)19)10-1-2-10)3-4-13(15)12-5-6-20-9-12/h3-4,7,10,12,14H,1-2,5-6,8-9H2,(H,18,19). The van der Waals surface area contributed by atoms with E-state index in [2.05, 4.69) is 12.1 Å². The summed E-state index contributed by atoms with van der Waals surface area (Å²) in [6, 6.07) is 6.10. The number of aliphatic carboxylic acids is 1. The smallest absolute Gasteiger partial charge is 0.303 e. The van der Waals surface area contributed by atoms with E-state index in [1.807, 2.05) is 6.07 Å². The summed E-state index contributed by atoms with van der Waals surface area (Å²) in [5, 5.41) is 9.83. The van der Waals surface area contributed by atoms with Crippen molar-refractivity contribution in [1.29, 1.82) is 0 Å². The van der Waals surface area contributed by atoms with E-state index in [1.165, 1.54) is 0 Å². The molecular weight excluding hydrogens is 276 g/mol. The van der Waals surface area contributed by atoms with E-state index in [4.69, 9.17) is 21.4 Å². The molecule has 108 valence electrons. The second kappa shape index (κ2) is 5.74. The van der Waals surface area contributed by atoms with Crippen molar-refractivity contribution in [3.8, 4) is 0 Å². The molecule has 0 bridgehead atoms. The van der Waals surface area contributed by atoms with Crippen molar-refractivity contribution in [3.63, 3.8) is 0 Å². The number of hydrogen-bond donors (Lipinski definition) is 1. The highest BCUT2D eigenvalue weighted by Gasteiger charge is 2.34. The van der Waals surface area contributed by atoms with Crippen LogP contribution in [0.4, 0.5) is 0 Å². The summed E-state index contributed by atoms with van der Waals surface area (Å²) in [6.45, 7) is 1.53. The van der Waals surface area contributed by atoms with Crippen LogP contribution < -0.4 is 0 Å². The van der Waals surface area contributed by atoms with Crippen molar-refractivity contribution >= 4 is 17.6 Å². The summed E-state index contributed by atoms with van der Waals surface area (Å²) < 4.78 is 5.41. The predicted molar refractivity (Wildman–Crippen MR) is 77.3 cm³/mol. The predicted octanol–water partition coefficient (Wildman–Crippen LogP) is 3.81. The highest BCUT2D eigenvalue weighted by Crippen LogP contribution is 2.45. The third-order valence-electron chi connectivity index (χ3n) is 4.41. The molecule has 1 heterocycles. The van der Waals surface area contributed by atoms with Crippen LogP contribution in [0.2, 0.25) is 5.02 Å². The fourth-order valence-electron chi connectivity index (χ4n) is 3.13. The molecule has 2 unspecified atom stereocenters. The minimum atomic E-state index is -0.730. The Morgan fingerprint density at radius 1 is 1.40 bits per heavy atom. The molecule has 1 aromatic carbocycles. The van der Waals surface area contributed by atoms with Crippen LogP contribution in [0.15, 0.2) is 18.2 Å². The van der Waals surface area contributed by atoms with Gasteiger partial charge in [-0.3, -0.25) is 4.79 Å². The average molecular weight is 295 g/mol. The van der Waals surface area contributed by atoms with Crippen LogP contribution >= 0.6 is 11.6 Å². The van der Waals surface area contributed by atoms with Crippen molar-refractivity contribution in [2.75, 3.05) is 13.2 Å². The van der Waals surface area contributed by atoms with Crippen LogP contribution in [0.3, 0.4) is 0 Å². The molecule has 1 aromatic rings. The lowest BCUT2D eigenvalue weighted by Gasteiger charge is -2.17. The molecule has 1 saturated heterocycles. The van der Waals surface area contributed by atoms with E-state index in [0.717, 1.165) is 48.6 Å². The Balaban J connectivity index is 1.82. The normalized spacial score (nSPS) is 23.8. The van der Waals surface area contributed by atoms with Gasteiger partial charge in [-0.05, 0) is 48.3 Å². The molecule has 0 amide bonds. The number of halogens is 1. The molecule has 0 radical (unpaired) electrons. The summed E-state index contributed by atoms with van der Waals surface area (Å²) >= 11 is 6.41. The van der Waals surface area contributed by atoms with Crippen molar-refractivity contribution in [2.45, 2.75) is 37.5 Å².